The van der Waals surface area contributed by atoms with Crippen LogP contribution in [0.15, 0.2) is 54.6 Å². The Labute approximate surface area is 160 Å². The summed E-state index contributed by atoms with van der Waals surface area (Å²) in [6.45, 7) is 3.76. The SMILES string of the molecule is CCOCCCNC(=O)c1cccc(NC(=O)[C@@H](N)Cc2ccccc2)c1. The second-order valence-electron chi connectivity index (χ2n) is 6.17. The van der Waals surface area contributed by atoms with Crippen LogP contribution in [-0.2, 0) is 16.0 Å². The van der Waals surface area contributed by atoms with Gasteiger partial charge in [0.2, 0.25) is 5.91 Å². The molecule has 0 aliphatic rings. The molecule has 0 aromatic heterocycles. The lowest BCUT2D eigenvalue weighted by Crippen LogP contribution is -2.37. The second-order valence-corrected chi connectivity index (χ2v) is 6.17. The van der Waals surface area contributed by atoms with Gasteiger partial charge in [-0.05, 0) is 43.5 Å². The molecule has 2 amide bonds. The summed E-state index contributed by atoms with van der Waals surface area (Å²) in [5.41, 5.74) is 8.03. The highest BCUT2D eigenvalue weighted by Crippen LogP contribution is 2.12. The zero-order valence-electron chi connectivity index (χ0n) is 15.6. The fraction of sp³-hybridized carbons (Fsp3) is 0.333. The third-order valence-electron chi connectivity index (χ3n) is 3.98. The normalized spacial score (nSPS) is 11.6. The van der Waals surface area contributed by atoms with E-state index in [-0.39, 0.29) is 11.8 Å². The molecule has 0 saturated heterocycles. The van der Waals surface area contributed by atoms with E-state index in [9.17, 15) is 9.59 Å². The topological polar surface area (TPSA) is 93.5 Å². The highest BCUT2D eigenvalue weighted by Gasteiger charge is 2.15. The van der Waals surface area contributed by atoms with E-state index in [4.69, 9.17) is 10.5 Å². The lowest BCUT2D eigenvalue weighted by molar-refractivity contribution is -0.117. The highest BCUT2D eigenvalue weighted by atomic mass is 16.5. The van der Waals surface area contributed by atoms with Crippen molar-refractivity contribution in [2.24, 2.45) is 5.73 Å². The van der Waals surface area contributed by atoms with Gasteiger partial charge in [0.05, 0.1) is 6.04 Å². The lowest BCUT2D eigenvalue weighted by atomic mass is 10.1. The Balaban J connectivity index is 1.86. The molecule has 27 heavy (non-hydrogen) atoms. The number of hydrogen-bond donors (Lipinski definition) is 3. The first-order valence-electron chi connectivity index (χ1n) is 9.16. The van der Waals surface area contributed by atoms with Crippen molar-refractivity contribution >= 4 is 17.5 Å². The Morgan fingerprint density at radius 1 is 1.11 bits per heavy atom. The first-order chi connectivity index (χ1) is 13.1. The van der Waals surface area contributed by atoms with Crippen LogP contribution >= 0.6 is 0 Å². The van der Waals surface area contributed by atoms with Crippen LogP contribution < -0.4 is 16.4 Å². The summed E-state index contributed by atoms with van der Waals surface area (Å²) in [7, 11) is 0. The number of carbonyl (C=O) groups excluding carboxylic acids is 2. The van der Waals surface area contributed by atoms with Crippen LogP contribution in [0.3, 0.4) is 0 Å². The summed E-state index contributed by atoms with van der Waals surface area (Å²) < 4.78 is 5.24. The van der Waals surface area contributed by atoms with Crippen LogP contribution in [0.1, 0.15) is 29.3 Å². The van der Waals surface area contributed by atoms with Gasteiger partial charge in [-0.1, -0.05) is 36.4 Å². The number of amides is 2. The molecule has 1 atom stereocenters. The molecule has 0 radical (unpaired) electrons. The minimum Gasteiger partial charge on any atom is -0.382 e. The maximum absolute atomic E-state index is 12.3. The van der Waals surface area contributed by atoms with Crippen molar-refractivity contribution in [3.05, 3.63) is 65.7 Å². The van der Waals surface area contributed by atoms with Crippen LogP contribution in [0.25, 0.3) is 0 Å². The molecule has 0 unspecified atom stereocenters. The number of rotatable bonds is 10. The van der Waals surface area contributed by atoms with E-state index < -0.39 is 6.04 Å². The number of ether oxygens (including phenoxy) is 1. The van der Waals surface area contributed by atoms with Gasteiger partial charge in [0.25, 0.3) is 5.91 Å². The van der Waals surface area contributed by atoms with Crippen molar-refractivity contribution in [1.29, 1.82) is 0 Å². The molecule has 6 heteroatoms. The van der Waals surface area contributed by atoms with E-state index in [1.807, 2.05) is 37.3 Å². The zero-order chi connectivity index (χ0) is 19.5. The number of benzene rings is 2. The summed E-state index contributed by atoms with van der Waals surface area (Å²) in [5, 5.41) is 5.61. The molecule has 2 rings (SSSR count). The molecule has 144 valence electrons. The third-order valence-corrected chi connectivity index (χ3v) is 3.98. The summed E-state index contributed by atoms with van der Waals surface area (Å²) >= 11 is 0. The molecule has 6 nitrogen and oxygen atoms in total. The Morgan fingerprint density at radius 2 is 1.89 bits per heavy atom. The zero-order valence-corrected chi connectivity index (χ0v) is 15.6. The Morgan fingerprint density at radius 3 is 2.63 bits per heavy atom. The van der Waals surface area contributed by atoms with E-state index in [1.165, 1.54) is 0 Å². The van der Waals surface area contributed by atoms with Crippen LogP contribution in [0.2, 0.25) is 0 Å². The molecule has 0 heterocycles. The fourth-order valence-electron chi connectivity index (χ4n) is 2.56. The van der Waals surface area contributed by atoms with Crippen molar-refractivity contribution in [2.75, 3.05) is 25.1 Å². The molecule has 0 bridgehead atoms. The van der Waals surface area contributed by atoms with Gasteiger partial charge in [-0.3, -0.25) is 9.59 Å². The largest absolute Gasteiger partial charge is 0.382 e. The molecule has 0 saturated carbocycles. The number of hydrogen-bond acceptors (Lipinski definition) is 4. The summed E-state index contributed by atoms with van der Waals surface area (Å²) in [5.74, 6) is -0.468. The van der Waals surface area contributed by atoms with Crippen molar-refractivity contribution in [1.82, 2.24) is 5.32 Å². The van der Waals surface area contributed by atoms with Crippen molar-refractivity contribution in [3.8, 4) is 0 Å². The van der Waals surface area contributed by atoms with Gasteiger partial charge in [-0.25, -0.2) is 0 Å². The van der Waals surface area contributed by atoms with E-state index in [0.717, 1.165) is 12.0 Å². The van der Waals surface area contributed by atoms with E-state index >= 15 is 0 Å². The minimum absolute atomic E-state index is 0.184. The van der Waals surface area contributed by atoms with Crippen molar-refractivity contribution < 1.29 is 14.3 Å². The molecule has 2 aromatic carbocycles. The van der Waals surface area contributed by atoms with E-state index in [2.05, 4.69) is 10.6 Å². The predicted octanol–water partition coefficient (Wildman–Crippen LogP) is 2.35. The minimum atomic E-state index is -0.663. The molecular weight excluding hydrogens is 342 g/mol. The maximum atomic E-state index is 12.3. The lowest BCUT2D eigenvalue weighted by Gasteiger charge is -2.13. The number of anilines is 1. The smallest absolute Gasteiger partial charge is 0.251 e. The quantitative estimate of drug-likeness (QED) is 0.561. The standard InChI is InChI=1S/C21H27N3O3/c1-2-27-13-7-12-23-20(25)17-10-6-11-18(15-17)24-21(26)19(22)14-16-8-4-3-5-9-16/h3-6,8-11,15,19H,2,7,12-14,22H2,1H3,(H,23,25)(H,24,26)/t19-/m0/s1. The van der Waals surface area contributed by atoms with Crippen molar-refractivity contribution in [2.45, 2.75) is 25.8 Å². The molecular formula is C21H27N3O3. The molecule has 0 spiro atoms. The first kappa shape index (κ1) is 20.6. The first-order valence-corrected chi connectivity index (χ1v) is 9.16. The molecule has 0 fully saturated rings. The Kier molecular flexibility index (Phi) is 8.48. The molecule has 2 aromatic rings. The number of nitrogens with two attached hydrogens (primary N) is 1. The van der Waals surface area contributed by atoms with Crippen LogP contribution in [-0.4, -0.2) is 37.6 Å². The van der Waals surface area contributed by atoms with Crippen LogP contribution in [0.4, 0.5) is 5.69 Å². The van der Waals surface area contributed by atoms with Gasteiger partial charge >= 0.3 is 0 Å². The number of carbonyl (C=O) groups is 2. The van der Waals surface area contributed by atoms with E-state index in [0.29, 0.717) is 37.4 Å². The Bertz CT molecular complexity index is 734. The molecule has 4 N–H and O–H groups in total. The molecule has 0 aliphatic heterocycles. The molecule has 0 aliphatic carbocycles. The van der Waals surface area contributed by atoms with Gasteiger partial charge in [-0.2, -0.15) is 0 Å². The van der Waals surface area contributed by atoms with Gasteiger partial charge in [0.1, 0.15) is 0 Å². The third kappa shape index (κ3) is 7.21. The maximum Gasteiger partial charge on any atom is 0.251 e. The van der Waals surface area contributed by atoms with Crippen LogP contribution in [0, 0.1) is 0 Å². The summed E-state index contributed by atoms with van der Waals surface area (Å²) in [4.78, 5) is 24.5. The highest BCUT2D eigenvalue weighted by molar-refractivity contribution is 5.98. The monoisotopic (exact) mass is 369 g/mol. The van der Waals surface area contributed by atoms with Gasteiger partial charge in [0.15, 0.2) is 0 Å². The summed E-state index contributed by atoms with van der Waals surface area (Å²) in [6.07, 6.45) is 1.21. The van der Waals surface area contributed by atoms with Gasteiger partial charge in [0, 0.05) is 31.0 Å². The van der Waals surface area contributed by atoms with Crippen molar-refractivity contribution in [3.63, 3.8) is 0 Å². The average Bonchev–Trinajstić information content (AvgIpc) is 2.68. The van der Waals surface area contributed by atoms with Gasteiger partial charge in [-0.15, -0.1) is 0 Å². The predicted molar refractivity (Wildman–Crippen MR) is 107 cm³/mol. The fourth-order valence-corrected chi connectivity index (χ4v) is 2.56. The number of nitrogens with one attached hydrogen (secondary N) is 2. The van der Waals surface area contributed by atoms with Crippen LogP contribution in [0.5, 0.6) is 0 Å². The van der Waals surface area contributed by atoms with E-state index in [1.54, 1.807) is 24.3 Å². The summed E-state index contributed by atoms with van der Waals surface area (Å²) in [6, 6.07) is 15.8. The second kappa shape index (κ2) is 11.1. The average molecular weight is 369 g/mol. The Hall–Kier alpha value is -2.70. The van der Waals surface area contributed by atoms with Gasteiger partial charge < -0.3 is 21.1 Å².